The molecule has 4 heteroatoms. The predicted octanol–water partition coefficient (Wildman–Crippen LogP) is -1.13. The molecule has 2 bridgehead atoms. The SMILES string of the molecule is O=C1NC2C3CC4C2NC(=O)C4C13. The Morgan fingerprint density at radius 2 is 1.38 bits per heavy atom. The lowest BCUT2D eigenvalue weighted by molar-refractivity contribution is -0.131. The highest BCUT2D eigenvalue weighted by atomic mass is 16.2. The minimum absolute atomic E-state index is 0.00810. The minimum atomic E-state index is 0.00810. The predicted molar refractivity (Wildman–Crippen MR) is 42.4 cm³/mol. The Morgan fingerprint density at radius 3 is 1.85 bits per heavy atom. The number of fused-ring (bicyclic) bond motifs is 2. The average molecular weight is 178 g/mol. The van der Waals surface area contributed by atoms with Crippen LogP contribution in [0.2, 0.25) is 0 Å². The van der Waals surface area contributed by atoms with Gasteiger partial charge in [0.25, 0.3) is 0 Å². The molecule has 2 aliphatic heterocycles. The Kier molecular flexibility index (Phi) is 0.791. The van der Waals surface area contributed by atoms with Gasteiger partial charge in [-0.05, 0) is 18.3 Å². The molecule has 0 spiro atoms. The number of rotatable bonds is 0. The molecule has 4 aliphatic rings. The molecule has 0 radical (unpaired) electrons. The first-order chi connectivity index (χ1) is 6.27. The molecule has 0 aromatic heterocycles. The summed E-state index contributed by atoms with van der Waals surface area (Å²) in [6, 6.07) is 0.510. The van der Waals surface area contributed by atoms with Gasteiger partial charge in [0.15, 0.2) is 0 Å². The van der Waals surface area contributed by atoms with E-state index in [0.717, 1.165) is 6.42 Å². The lowest BCUT2D eigenvalue weighted by Gasteiger charge is -2.20. The maximum atomic E-state index is 11.5. The van der Waals surface area contributed by atoms with E-state index in [9.17, 15) is 9.59 Å². The van der Waals surface area contributed by atoms with Gasteiger partial charge in [0.2, 0.25) is 11.8 Å². The monoisotopic (exact) mass is 178 g/mol. The Labute approximate surface area is 75.1 Å². The van der Waals surface area contributed by atoms with Crippen molar-refractivity contribution in [2.24, 2.45) is 23.7 Å². The second-order valence-electron chi connectivity index (χ2n) is 4.68. The normalized spacial score (nSPS) is 60.0. The van der Waals surface area contributed by atoms with E-state index in [4.69, 9.17) is 0 Å². The molecule has 2 aliphatic carbocycles. The summed E-state index contributed by atoms with van der Waals surface area (Å²) in [6.07, 6.45) is 1.07. The third kappa shape index (κ3) is 0.474. The van der Waals surface area contributed by atoms with E-state index in [1.807, 2.05) is 0 Å². The van der Waals surface area contributed by atoms with Crippen molar-refractivity contribution < 1.29 is 9.59 Å². The van der Waals surface area contributed by atoms with Crippen LogP contribution in [0.1, 0.15) is 6.42 Å². The molecule has 0 aromatic rings. The first-order valence-electron chi connectivity index (χ1n) is 4.88. The Hall–Kier alpha value is -1.06. The summed E-state index contributed by atoms with van der Waals surface area (Å²) in [4.78, 5) is 23.1. The van der Waals surface area contributed by atoms with Crippen LogP contribution < -0.4 is 10.6 Å². The first kappa shape index (κ1) is 6.40. The van der Waals surface area contributed by atoms with Crippen molar-refractivity contribution in [1.82, 2.24) is 10.6 Å². The molecule has 0 aromatic carbocycles. The quantitative estimate of drug-likeness (QED) is 0.493. The van der Waals surface area contributed by atoms with Crippen LogP contribution in [0.3, 0.4) is 0 Å². The molecule has 13 heavy (non-hydrogen) atoms. The summed E-state index contributed by atoms with van der Waals surface area (Å²) in [5.41, 5.74) is 0. The van der Waals surface area contributed by atoms with Crippen molar-refractivity contribution in [2.45, 2.75) is 18.5 Å². The zero-order valence-electron chi connectivity index (χ0n) is 6.99. The number of nitrogens with one attached hydrogen (secondary N) is 2. The van der Waals surface area contributed by atoms with Crippen LogP contribution in [-0.2, 0) is 9.59 Å². The van der Waals surface area contributed by atoms with Crippen molar-refractivity contribution >= 4 is 11.8 Å². The molecule has 2 heterocycles. The van der Waals surface area contributed by atoms with Gasteiger partial charge < -0.3 is 10.6 Å². The molecule has 4 rings (SSSR count). The smallest absolute Gasteiger partial charge is 0.224 e. The highest BCUT2D eigenvalue weighted by Crippen LogP contribution is 2.58. The van der Waals surface area contributed by atoms with Gasteiger partial charge in [-0.25, -0.2) is 0 Å². The summed E-state index contributed by atoms with van der Waals surface area (Å²) in [6.45, 7) is 0. The largest absolute Gasteiger partial charge is 0.351 e. The van der Waals surface area contributed by atoms with Crippen LogP contribution in [0.25, 0.3) is 0 Å². The van der Waals surface area contributed by atoms with Crippen molar-refractivity contribution in [3.8, 4) is 0 Å². The van der Waals surface area contributed by atoms with Crippen molar-refractivity contribution in [3.63, 3.8) is 0 Å². The molecule has 2 N–H and O–H groups in total. The highest BCUT2D eigenvalue weighted by molar-refractivity contribution is 5.94. The molecule has 2 amide bonds. The van der Waals surface area contributed by atoms with Gasteiger partial charge in [0.05, 0.1) is 23.9 Å². The molecule has 6 atom stereocenters. The fourth-order valence-electron chi connectivity index (χ4n) is 4.04. The van der Waals surface area contributed by atoms with Crippen molar-refractivity contribution in [1.29, 1.82) is 0 Å². The topological polar surface area (TPSA) is 58.2 Å². The van der Waals surface area contributed by atoms with E-state index in [1.165, 1.54) is 0 Å². The zero-order chi connectivity index (χ0) is 8.74. The van der Waals surface area contributed by atoms with E-state index in [2.05, 4.69) is 10.6 Å². The molecular formula is C9H10N2O2. The molecule has 4 nitrogen and oxygen atoms in total. The van der Waals surface area contributed by atoms with Crippen molar-refractivity contribution in [2.75, 3.05) is 0 Å². The first-order valence-corrected chi connectivity index (χ1v) is 4.88. The van der Waals surface area contributed by atoms with Gasteiger partial charge in [-0.2, -0.15) is 0 Å². The molecule has 2 saturated heterocycles. The number of hydrogen-bond acceptors (Lipinski definition) is 2. The molecule has 68 valence electrons. The lowest BCUT2D eigenvalue weighted by Crippen LogP contribution is -2.44. The van der Waals surface area contributed by atoms with Gasteiger partial charge in [-0.3, -0.25) is 9.59 Å². The second kappa shape index (κ2) is 1.61. The highest BCUT2D eigenvalue weighted by Gasteiger charge is 2.70. The van der Waals surface area contributed by atoms with Crippen LogP contribution >= 0.6 is 0 Å². The lowest BCUT2D eigenvalue weighted by atomic mass is 9.81. The summed E-state index contributed by atoms with van der Waals surface area (Å²) >= 11 is 0. The van der Waals surface area contributed by atoms with Crippen LogP contribution in [0, 0.1) is 23.7 Å². The van der Waals surface area contributed by atoms with E-state index in [0.29, 0.717) is 11.8 Å². The fraction of sp³-hybridized carbons (Fsp3) is 0.778. The Bertz CT molecular complexity index is 305. The number of amides is 2. The summed E-state index contributed by atoms with van der Waals surface area (Å²) in [5, 5.41) is 6.01. The maximum Gasteiger partial charge on any atom is 0.224 e. The molecular weight excluding hydrogens is 168 g/mol. The Balaban J connectivity index is 1.94. The second-order valence-corrected chi connectivity index (χ2v) is 4.68. The van der Waals surface area contributed by atoms with E-state index in [1.54, 1.807) is 0 Å². The minimum Gasteiger partial charge on any atom is -0.351 e. The van der Waals surface area contributed by atoms with Gasteiger partial charge in [0.1, 0.15) is 0 Å². The number of carbonyl (C=O) groups excluding carboxylic acids is 2. The van der Waals surface area contributed by atoms with Crippen molar-refractivity contribution in [3.05, 3.63) is 0 Å². The van der Waals surface area contributed by atoms with Gasteiger partial charge in [-0.15, -0.1) is 0 Å². The van der Waals surface area contributed by atoms with Crippen LogP contribution in [-0.4, -0.2) is 23.9 Å². The summed E-state index contributed by atoms with van der Waals surface area (Å²) in [5.74, 6) is 1.17. The fourth-order valence-corrected chi connectivity index (χ4v) is 4.04. The number of carbonyl (C=O) groups is 2. The Morgan fingerprint density at radius 1 is 0.923 bits per heavy atom. The van der Waals surface area contributed by atoms with Crippen LogP contribution in [0.15, 0.2) is 0 Å². The standard InChI is InChI=1S/C9H10N2O2/c12-8-4-2-1-3-5(4)9(13)11-7(3)6(2)10-8/h2-7H,1H2,(H,10,12)(H,11,13). The van der Waals surface area contributed by atoms with Gasteiger partial charge >= 0.3 is 0 Å². The van der Waals surface area contributed by atoms with Gasteiger partial charge in [0, 0.05) is 0 Å². The third-order valence-electron chi connectivity index (χ3n) is 4.39. The van der Waals surface area contributed by atoms with Crippen LogP contribution in [0.4, 0.5) is 0 Å². The molecule has 4 fully saturated rings. The summed E-state index contributed by atoms with van der Waals surface area (Å²) < 4.78 is 0. The third-order valence-corrected chi connectivity index (χ3v) is 4.39. The average Bonchev–Trinajstić information content (AvgIpc) is 2.67. The van der Waals surface area contributed by atoms with Gasteiger partial charge in [-0.1, -0.05) is 0 Å². The summed E-state index contributed by atoms with van der Waals surface area (Å²) in [7, 11) is 0. The van der Waals surface area contributed by atoms with E-state index < -0.39 is 0 Å². The molecule has 6 unspecified atom stereocenters. The number of hydrogen-bond donors (Lipinski definition) is 2. The van der Waals surface area contributed by atoms with Crippen LogP contribution in [0.5, 0.6) is 0 Å². The van der Waals surface area contributed by atoms with E-state index >= 15 is 0 Å². The molecule has 2 saturated carbocycles. The maximum absolute atomic E-state index is 11.5. The zero-order valence-corrected chi connectivity index (χ0v) is 6.99. The van der Waals surface area contributed by atoms with E-state index in [-0.39, 0.29) is 35.7 Å².